The molecule has 0 radical (unpaired) electrons. The summed E-state index contributed by atoms with van der Waals surface area (Å²) in [5.74, 6) is -55.2. The van der Waals surface area contributed by atoms with Crippen LogP contribution in [-0.2, 0) is 0 Å². The molecular formula is C18H6BF15. The van der Waals surface area contributed by atoms with Crippen LogP contribution in [0, 0.1) is 0 Å². The maximum Gasteiger partial charge on any atom is 0.195 e. The second-order valence-corrected chi connectivity index (χ2v) is 6.76. The van der Waals surface area contributed by atoms with Gasteiger partial charge in [-0.3, -0.25) is 0 Å². The molecule has 6 atom stereocenters. The van der Waals surface area contributed by atoms with Crippen molar-refractivity contribution < 1.29 is 70.0 Å². The molecule has 3 aliphatic rings. The predicted molar refractivity (Wildman–Crippen MR) is 87.1 cm³/mol. The molecule has 0 amide bonds. The molecule has 6 unspecified atom stereocenters. The van der Waals surface area contributed by atoms with Gasteiger partial charge in [-0.15, -0.1) is 0 Å². The summed E-state index contributed by atoms with van der Waals surface area (Å²) in [7, 11) is 0. The number of alkyl halides is 3. The van der Waals surface area contributed by atoms with Crippen molar-refractivity contribution in [2.75, 3.05) is 0 Å². The van der Waals surface area contributed by atoms with Crippen molar-refractivity contribution in [1.82, 2.24) is 0 Å². The maximum absolute atomic E-state index is 14.9. The van der Waals surface area contributed by atoms with Crippen LogP contribution in [0.1, 0.15) is 4.11 Å². The smallest absolute Gasteiger partial charge is 0.195 e. The summed E-state index contributed by atoms with van der Waals surface area (Å²) < 4.78 is 238. The SMILES string of the molecule is [2H]C1(B(C2([2H])C(F)=C(F)C(F)=C(F)C2F)C2([2H])C(F)=C(F)C(F)=C(F)C2F)C(F)=C(F)C(F)=C(F)C1F. The normalized spacial score (nSPS) is 41.4. The van der Waals surface area contributed by atoms with E-state index in [1.54, 1.807) is 0 Å². The Morgan fingerprint density at radius 2 is 0.559 bits per heavy atom. The average Bonchev–Trinajstić information content (AvgIpc) is 2.88. The fourth-order valence-electron chi connectivity index (χ4n) is 3.38. The first-order chi connectivity index (χ1) is 16.8. The van der Waals surface area contributed by atoms with Gasteiger partial charge in [0, 0.05) is 21.5 Å². The number of halogens is 15. The van der Waals surface area contributed by atoms with Gasteiger partial charge in [0.05, 0.1) is 0 Å². The lowest BCUT2D eigenvalue weighted by Crippen LogP contribution is -2.47. The van der Waals surface area contributed by atoms with Gasteiger partial charge in [0.15, 0.2) is 77.7 Å². The van der Waals surface area contributed by atoms with Gasteiger partial charge in [0.2, 0.25) is 0 Å². The van der Waals surface area contributed by atoms with Gasteiger partial charge in [-0.25, -0.2) is 65.9 Å². The number of rotatable bonds is 3. The van der Waals surface area contributed by atoms with Crippen molar-refractivity contribution in [3.8, 4) is 0 Å². The van der Waals surface area contributed by atoms with E-state index in [2.05, 4.69) is 0 Å². The van der Waals surface area contributed by atoms with Crippen molar-refractivity contribution in [2.24, 2.45) is 0 Å². The quantitative estimate of drug-likeness (QED) is 0.258. The van der Waals surface area contributed by atoms with E-state index in [0.717, 1.165) is 0 Å². The molecular weight excluding hydrogens is 512 g/mol. The lowest BCUT2D eigenvalue weighted by Gasteiger charge is -2.40. The summed E-state index contributed by atoms with van der Waals surface area (Å²) >= 11 is 0. The first-order valence-electron chi connectivity index (χ1n) is 10.0. The molecule has 0 bridgehead atoms. The van der Waals surface area contributed by atoms with Crippen LogP contribution in [0.2, 0.25) is 17.4 Å². The lowest BCUT2D eigenvalue weighted by atomic mass is 9.24. The molecule has 0 aromatic rings. The Bertz CT molecular complexity index is 1120. The second kappa shape index (κ2) is 8.91. The van der Waals surface area contributed by atoms with Crippen molar-refractivity contribution in [1.29, 1.82) is 0 Å². The summed E-state index contributed by atoms with van der Waals surface area (Å²) in [6, 6.07) is 0. The molecule has 3 rings (SSSR count). The fraction of sp³-hybridized carbons (Fsp3) is 0.333. The van der Waals surface area contributed by atoms with Crippen LogP contribution in [0.4, 0.5) is 65.9 Å². The zero-order valence-corrected chi connectivity index (χ0v) is 15.5. The van der Waals surface area contributed by atoms with Crippen LogP contribution in [0.3, 0.4) is 0 Å². The molecule has 0 aromatic heterocycles. The van der Waals surface area contributed by atoms with E-state index in [-0.39, 0.29) is 0 Å². The van der Waals surface area contributed by atoms with Crippen LogP contribution in [0.25, 0.3) is 0 Å². The molecule has 0 aliphatic heterocycles. The highest BCUT2D eigenvalue weighted by atomic mass is 19.2. The highest BCUT2D eigenvalue weighted by Gasteiger charge is 2.61. The summed E-state index contributed by atoms with van der Waals surface area (Å²) in [4.78, 5) is 0. The van der Waals surface area contributed by atoms with Gasteiger partial charge in [0.1, 0.15) is 17.5 Å². The van der Waals surface area contributed by atoms with Crippen molar-refractivity contribution in [3.05, 3.63) is 69.9 Å². The van der Waals surface area contributed by atoms with Gasteiger partial charge in [-0.2, -0.15) is 0 Å². The summed E-state index contributed by atoms with van der Waals surface area (Å²) in [5, 5.41) is 0. The Kier molecular flexibility index (Phi) is 5.75. The second-order valence-electron chi connectivity index (χ2n) is 6.76. The van der Waals surface area contributed by atoms with Gasteiger partial charge >= 0.3 is 0 Å². The monoisotopic (exact) mass is 521 g/mol. The predicted octanol–water partition coefficient (Wildman–Crippen LogP) is 8.55. The minimum absolute atomic E-state index is 3.11. The van der Waals surface area contributed by atoms with Gasteiger partial charge in [-0.1, -0.05) is 0 Å². The third-order valence-corrected chi connectivity index (χ3v) is 4.97. The maximum atomic E-state index is 14.9. The molecule has 16 heteroatoms. The first-order valence-corrected chi connectivity index (χ1v) is 8.52. The van der Waals surface area contributed by atoms with Crippen molar-refractivity contribution >= 4 is 6.71 Å². The standard InChI is InChI=1S/C18H6BF15/c20-4-1(5(21)11(27)16(32)10(4)26)19(2-6(22)12(28)17(33)13(29)7(2)23)3-8(24)14(30)18(34)15(31)9(3)25/h1-4,6,8H/i1D,2D,3D. The van der Waals surface area contributed by atoms with Crippen LogP contribution >= 0.6 is 0 Å². The number of allylic oxidation sites excluding steroid dienone is 12. The molecule has 0 saturated carbocycles. The molecule has 0 nitrogen and oxygen atoms in total. The number of hydrogen-bond acceptors (Lipinski definition) is 0. The Morgan fingerprint density at radius 3 is 0.765 bits per heavy atom. The molecule has 186 valence electrons. The zero-order valence-electron chi connectivity index (χ0n) is 18.5. The van der Waals surface area contributed by atoms with E-state index in [9.17, 15) is 65.9 Å². The van der Waals surface area contributed by atoms with E-state index >= 15 is 0 Å². The minimum Gasteiger partial charge on any atom is -0.240 e. The molecule has 3 aliphatic carbocycles. The van der Waals surface area contributed by atoms with Crippen LogP contribution in [-0.4, -0.2) is 25.2 Å². The average molecular weight is 521 g/mol. The van der Waals surface area contributed by atoms with Gasteiger partial charge in [0.25, 0.3) is 0 Å². The van der Waals surface area contributed by atoms with E-state index in [1.165, 1.54) is 0 Å². The van der Waals surface area contributed by atoms with E-state index in [1.807, 2.05) is 0 Å². The Balaban J connectivity index is 2.57. The summed E-state index contributed by atoms with van der Waals surface area (Å²) in [5.41, 5.74) is 0. The van der Waals surface area contributed by atoms with Crippen LogP contribution < -0.4 is 0 Å². The van der Waals surface area contributed by atoms with Crippen LogP contribution in [0.15, 0.2) is 69.9 Å². The molecule has 0 spiro atoms. The van der Waals surface area contributed by atoms with Crippen molar-refractivity contribution in [2.45, 2.75) is 35.9 Å². The Hall–Kier alpha value is -2.55. The van der Waals surface area contributed by atoms with Crippen LogP contribution in [0.5, 0.6) is 0 Å². The molecule has 0 heterocycles. The number of hydrogen-bond donors (Lipinski definition) is 0. The Morgan fingerprint density at radius 1 is 0.382 bits per heavy atom. The minimum atomic E-state index is -5.29. The van der Waals surface area contributed by atoms with E-state index in [0.29, 0.717) is 0 Å². The topological polar surface area (TPSA) is 0 Å². The lowest BCUT2D eigenvalue weighted by molar-refractivity contribution is 0.237. The van der Waals surface area contributed by atoms with E-state index in [4.69, 9.17) is 4.11 Å². The Labute approximate surface area is 183 Å². The molecule has 0 aromatic carbocycles. The molecule has 34 heavy (non-hydrogen) atoms. The third-order valence-electron chi connectivity index (χ3n) is 4.97. The highest BCUT2D eigenvalue weighted by Crippen LogP contribution is 2.59. The first kappa shape index (κ1) is 22.0. The highest BCUT2D eigenvalue weighted by molar-refractivity contribution is 6.66. The molecule has 0 saturated heterocycles. The summed E-state index contributed by atoms with van der Waals surface area (Å²) in [6.07, 6.45) is -13.8. The largest absolute Gasteiger partial charge is 0.240 e. The summed E-state index contributed by atoms with van der Waals surface area (Å²) in [6.45, 7) is -4.76. The fourth-order valence-corrected chi connectivity index (χ4v) is 3.38. The zero-order chi connectivity index (χ0) is 28.7. The van der Waals surface area contributed by atoms with Gasteiger partial charge < -0.3 is 0 Å². The van der Waals surface area contributed by atoms with Crippen molar-refractivity contribution in [3.63, 3.8) is 0 Å². The molecule has 0 fully saturated rings. The van der Waals surface area contributed by atoms with E-state index < -0.39 is 113 Å². The van der Waals surface area contributed by atoms with Gasteiger partial charge in [-0.05, 0) is 0 Å². The molecule has 0 N–H and O–H groups in total. The third kappa shape index (κ3) is 3.59.